The number of sulfone groups is 1. The molecule has 0 N–H and O–H groups in total. The first kappa shape index (κ1) is 24.2. The van der Waals surface area contributed by atoms with Gasteiger partial charge < -0.3 is 14.4 Å². The number of anilines is 2. The summed E-state index contributed by atoms with van der Waals surface area (Å²) in [7, 11) is -3.70. The van der Waals surface area contributed by atoms with E-state index in [1.165, 1.54) is 24.0 Å². The van der Waals surface area contributed by atoms with Crippen LogP contribution in [-0.2, 0) is 24.1 Å². The van der Waals surface area contributed by atoms with Gasteiger partial charge in [0.05, 0.1) is 30.6 Å². The minimum absolute atomic E-state index is 0.164. The number of ether oxygens (including phenoxy) is 2. The number of hydrogen-bond acceptors (Lipinski definition) is 6. The summed E-state index contributed by atoms with van der Waals surface area (Å²) < 4.78 is 49.1. The Morgan fingerprint density at radius 2 is 1.71 bits per heavy atom. The van der Waals surface area contributed by atoms with Gasteiger partial charge in [-0.1, -0.05) is 12.1 Å². The number of carbonyl (C=O) groups excluding carboxylic acids is 2. The Balaban J connectivity index is 1.73. The quantitative estimate of drug-likeness (QED) is 0.650. The maximum Gasteiger partial charge on any atom is 0.414 e. The lowest BCUT2D eigenvalue weighted by atomic mass is 10.0. The molecule has 0 spiro atoms. The smallest absolute Gasteiger partial charge is 0.414 e. The van der Waals surface area contributed by atoms with Gasteiger partial charge in [-0.2, -0.15) is 0 Å². The molecule has 34 heavy (non-hydrogen) atoms. The minimum atomic E-state index is -3.70. The Bertz CT molecular complexity index is 1230. The van der Waals surface area contributed by atoms with Crippen LogP contribution in [0.25, 0.3) is 11.1 Å². The molecule has 0 aromatic heterocycles. The molecule has 1 atom stereocenters. The van der Waals surface area contributed by atoms with Crippen molar-refractivity contribution in [1.82, 2.24) is 0 Å². The Morgan fingerprint density at radius 1 is 1.06 bits per heavy atom. The van der Waals surface area contributed by atoms with Gasteiger partial charge in [-0.15, -0.1) is 0 Å². The fraction of sp³-hybridized carbons (Fsp3) is 0.417. The van der Waals surface area contributed by atoms with Gasteiger partial charge in [-0.3, -0.25) is 9.69 Å². The molecule has 1 saturated heterocycles. The second kappa shape index (κ2) is 9.34. The van der Waals surface area contributed by atoms with Crippen LogP contribution in [0, 0.1) is 5.82 Å². The van der Waals surface area contributed by atoms with E-state index in [1.54, 1.807) is 23.1 Å². The predicted molar refractivity (Wildman–Crippen MR) is 125 cm³/mol. The maximum atomic E-state index is 14.5. The number of rotatable bonds is 3. The van der Waals surface area contributed by atoms with Crippen molar-refractivity contribution in [2.45, 2.75) is 43.7 Å². The molecule has 2 aliphatic heterocycles. The Labute approximate surface area is 198 Å². The molecule has 2 amide bonds. The first-order valence-corrected chi connectivity index (χ1v) is 12.9. The second-order valence-corrected chi connectivity index (χ2v) is 10.6. The Kier molecular flexibility index (Phi) is 6.64. The highest BCUT2D eigenvalue weighted by Gasteiger charge is 2.35. The van der Waals surface area contributed by atoms with Gasteiger partial charge in [0.1, 0.15) is 16.8 Å². The standard InChI is InChI=1S/C24H27FN2O6S/c1-15-14-26(24(29)33-19-8-10-32-11-9-19)22-13-18(4-6-21(22)27(15)16(2)28)17-5-7-23(20(25)12-17)34(3,30)31/h4-7,12-13,15,19H,8-11,14H2,1-3H3/t15-/m0/s1. The molecule has 0 radical (unpaired) electrons. The third-order valence-corrected chi connectivity index (χ3v) is 7.20. The fourth-order valence-electron chi connectivity index (χ4n) is 4.44. The molecule has 2 aromatic carbocycles. The zero-order chi connectivity index (χ0) is 24.6. The van der Waals surface area contributed by atoms with E-state index in [0.29, 0.717) is 48.6 Å². The summed E-state index contributed by atoms with van der Waals surface area (Å²) >= 11 is 0. The number of benzene rings is 2. The highest BCUT2D eigenvalue weighted by atomic mass is 32.2. The number of halogens is 1. The summed E-state index contributed by atoms with van der Waals surface area (Å²) in [5.74, 6) is -1.02. The van der Waals surface area contributed by atoms with Gasteiger partial charge in [0.25, 0.3) is 0 Å². The molecule has 0 bridgehead atoms. The number of amides is 2. The molecule has 0 saturated carbocycles. The minimum Gasteiger partial charge on any atom is -0.446 e. The average molecular weight is 491 g/mol. The van der Waals surface area contributed by atoms with Crippen LogP contribution in [0.3, 0.4) is 0 Å². The SMILES string of the molecule is CC(=O)N1c2ccc(-c3ccc(S(C)(=O)=O)c(F)c3)cc2N(C(=O)OC2CCOCC2)C[C@@H]1C. The fourth-order valence-corrected chi connectivity index (χ4v) is 5.17. The van der Waals surface area contributed by atoms with Gasteiger partial charge in [-0.05, 0) is 42.3 Å². The third-order valence-electron chi connectivity index (χ3n) is 6.07. The average Bonchev–Trinajstić information content (AvgIpc) is 2.77. The van der Waals surface area contributed by atoms with Crippen molar-refractivity contribution in [3.63, 3.8) is 0 Å². The molecule has 0 unspecified atom stereocenters. The highest BCUT2D eigenvalue weighted by Crippen LogP contribution is 2.39. The van der Waals surface area contributed by atoms with E-state index < -0.39 is 21.7 Å². The Hall–Kier alpha value is -2.98. The molecule has 4 rings (SSSR count). The number of fused-ring (bicyclic) bond motifs is 1. The van der Waals surface area contributed by atoms with E-state index in [9.17, 15) is 22.4 Å². The first-order chi connectivity index (χ1) is 16.1. The van der Waals surface area contributed by atoms with Crippen molar-refractivity contribution in [2.24, 2.45) is 0 Å². The lowest BCUT2D eigenvalue weighted by Crippen LogP contribution is -2.52. The molecule has 2 heterocycles. The molecular weight excluding hydrogens is 463 g/mol. The van der Waals surface area contributed by atoms with Crippen LogP contribution in [0.2, 0.25) is 0 Å². The van der Waals surface area contributed by atoms with Crippen LogP contribution in [-0.4, -0.2) is 58.6 Å². The van der Waals surface area contributed by atoms with Crippen LogP contribution >= 0.6 is 0 Å². The molecule has 0 aliphatic carbocycles. The van der Waals surface area contributed by atoms with Crippen LogP contribution in [0.5, 0.6) is 0 Å². The van der Waals surface area contributed by atoms with Crippen LogP contribution in [0.1, 0.15) is 26.7 Å². The van der Waals surface area contributed by atoms with Crippen molar-refractivity contribution >= 4 is 33.2 Å². The van der Waals surface area contributed by atoms with E-state index in [-0.39, 0.29) is 29.5 Å². The number of hydrogen-bond donors (Lipinski definition) is 0. The van der Waals surface area contributed by atoms with E-state index >= 15 is 0 Å². The summed E-state index contributed by atoms with van der Waals surface area (Å²) in [6.07, 6.45) is 1.43. The molecule has 1 fully saturated rings. The predicted octanol–water partition coefficient (Wildman–Crippen LogP) is 3.77. The van der Waals surface area contributed by atoms with Crippen LogP contribution in [0.4, 0.5) is 20.6 Å². The molecule has 2 aliphatic rings. The second-order valence-electron chi connectivity index (χ2n) is 8.66. The van der Waals surface area contributed by atoms with Crippen molar-refractivity contribution in [3.05, 3.63) is 42.2 Å². The molecule has 182 valence electrons. The lowest BCUT2D eigenvalue weighted by Gasteiger charge is -2.41. The summed E-state index contributed by atoms with van der Waals surface area (Å²) in [4.78, 5) is 28.2. The molecule has 8 nitrogen and oxygen atoms in total. The third kappa shape index (κ3) is 4.78. The van der Waals surface area contributed by atoms with E-state index in [1.807, 2.05) is 6.92 Å². The molecule has 2 aromatic rings. The summed E-state index contributed by atoms with van der Waals surface area (Å²) in [6, 6.07) is 8.72. The van der Waals surface area contributed by atoms with Gasteiger partial charge in [-0.25, -0.2) is 17.6 Å². The van der Waals surface area contributed by atoms with E-state index in [2.05, 4.69) is 0 Å². The molecular formula is C24H27FN2O6S. The number of nitrogens with zero attached hydrogens (tertiary/aromatic N) is 2. The summed E-state index contributed by atoms with van der Waals surface area (Å²) in [5, 5.41) is 0. The van der Waals surface area contributed by atoms with Crippen LogP contribution < -0.4 is 9.80 Å². The van der Waals surface area contributed by atoms with Crippen molar-refractivity contribution in [2.75, 3.05) is 35.8 Å². The normalized spacial score (nSPS) is 19.0. The largest absolute Gasteiger partial charge is 0.446 e. The van der Waals surface area contributed by atoms with Crippen molar-refractivity contribution < 1.29 is 31.9 Å². The maximum absolute atomic E-state index is 14.5. The monoisotopic (exact) mass is 490 g/mol. The van der Waals surface area contributed by atoms with E-state index in [4.69, 9.17) is 9.47 Å². The topological polar surface area (TPSA) is 93.2 Å². The summed E-state index contributed by atoms with van der Waals surface area (Å²) in [6.45, 7) is 4.61. The zero-order valence-corrected chi connectivity index (χ0v) is 20.1. The van der Waals surface area contributed by atoms with Crippen LogP contribution in [0.15, 0.2) is 41.3 Å². The highest BCUT2D eigenvalue weighted by molar-refractivity contribution is 7.90. The van der Waals surface area contributed by atoms with Gasteiger partial charge in [0.2, 0.25) is 5.91 Å². The zero-order valence-electron chi connectivity index (χ0n) is 19.3. The number of carbonyl (C=O) groups is 2. The van der Waals surface area contributed by atoms with E-state index in [0.717, 1.165) is 12.3 Å². The lowest BCUT2D eigenvalue weighted by molar-refractivity contribution is -0.117. The summed E-state index contributed by atoms with van der Waals surface area (Å²) in [5.41, 5.74) is 2.03. The van der Waals surface area contributed by atoms with Crippen molar-refractivity contribution in [3.8, 4) is 11.1 Å². The first-order valence-electron chi connectivity index (χ1n) is 11.1. The van der Waals surface area contributed by atoms with Gasteiger partial charge in [0.15, 0.2) is 9.84 Å². The van der Waals surface area contributed by atoms with Crippen molar-refractivity contribution in [1.29, 1.82) is 0 Å². The molecule has 10 heteroatoms. The van der Waals surface area contributed by atoms with Gasteiger partial charge in [0, 0.05) is 32.6 Å². The van der Waals surface area contributed by atoms with Gasteiger partial charge >= 0.3 is 6.09 Å². The Morgan fingerprint density at radius 3 is 2.32 bits per heavy atom.